The Balaban J connectivity index is 1.81. The van der Waals surface area contributed by atoms with E-state index in [-0.39, 0.29) is 5.91 Å². The minimum Gasteiger partial charge on any atom is -0.382 e. The number of nitrogen functional groups attached to an aromatic ring is 1. The van der Waals surface area contributed by atoms with Crippen LogP contribution in [0.15, 0.2) is 6.07 Å². The third-order valence-electron chi connectivity index (χ3n) is 2.42. The standard InChI is InChI=1S/C9H14N4O2/c10-8-3-7(12-13-8)9(14)11-4-6-1-2-15-5-6/h3,6H,1-2,4-5H2,(H,11,14)(H3,10,12,13). The molecule has 1 aromatic heterocycles. The van der Waals surface area contributed by atoms with Crippen LogP contribution in [0.4, 0.5) is 5.82 Å². The number of aromatic nitrogens is 2. The summed E-state index contributed by atoms with van der Waals surface area (Å²) in [5.41, 5.74) is 5.79. The van der Waals surface area contributed by atoms with E-state index >= 15 is 0 Å². The Morgan fingerprint density at radius 1 is 1.80 bits per heavy atom. The zero-order valence-corrected chi connectivity index (χ0v) is 8.32. The lowest BCUT2D eigenvalue weighted by atomic mass is 10.1. The SMILES string of the molecule is Nc1cc(C(=O)NCC2CCOC2)[nH]n1. The third-order valence-corrected chi connectivity index (χ3v) is 2.42. The number of carbonyl (C=O) groups is 1. The number of nitrogens with zero attached hydrogens (tertiary/aromatic N) is 1. The molecule has 1 aliphatic rings. The molecule has 15 heavy (non-hydrogen) atoms. The van der Waals surface area contributed by atoms with Gasteiger partial charge in [0.1, 0.15) is 11.5 Å². The first-order valence-electron chi connectivity index (χ1n) is 4.92. The fourth-order valence-electron chi connectivity index (χ4n) is 1.53. The molecule has 1 aromatic rings. The normalized spacial score (nSPS) is 20.4. The number of aromatic amines is 1. The van der Waals surface area contributed by atoms with E-state index in [1.165, 1.54) is 6.07 Å². The maximum atomic E-state index is 11.5. The van der Waals surface area contributed by atoms with E-state index in [1.807, 2.05) is 0 Å². The van der Waals surface area contributed by atoms with Gasteiger partial charge in [0.05, 0.1) is 6.61 Å². The molecule has 6 nitrogen and oxygen atoms in total. The second-order valence-corrected chi connectivity index (χ2v) is 3.65. The van der Waals surface area contributed by atoms with Crippen molar-refractivity contribution in [3.63, 3.8) is 0 Å². The molecule has 2 rings (SSSR count). The average molecular weight is 210 g/mol. The summed E-state index contributed by atoms with van der Waals surface area (Å²) in [4.78, 5) is 11.5. The summed E-state index contributed by atoms with van der Waals surface area (Å²) in [6.45, 7) is 2.15. The first kappa shape index (κ1) is 9.97. The lowest BCUT2D eigenvalue weighted by Gasteiger charge is -2.07. The summed E-state index contributed by atoms with van der Waals surface area (Å²) in [6, 6.07) is 1.51. The fraction of sp³-hybridized carbons (Fsp3) is 0.556. The highest BCUT2D eigenvalue weighted by Gasteiger charge is 2.17. The number of carbonyl (C=O) groups excluding carboxylic acids is 1. The lowest BCUT2D eigenvalue weighted by Crippen LogP contribution is -2.29. The number of amides is 1. The van der Waals surface area contributed by atoms with Gasteiger partial charge in [-0.15, -0.1) is 0 Å². The first-order chi connectivity index (χ1) is 7.25. The Bertz CT molecular complexity index is 344. The molecule has 1 aliphatic heterocycles. The summed E-state index contributed by atoms with van der Waals surface area (Å²) in [5.74, 6) is 0.574. The van der Waals surface area contributed by atoms with Crippen LogP contribution in [0.2, 0.25) is 0 Å². The van der Waals surface area contributed by atoms with Crippen molar-refractivity contribution in [2.24, 2.45) is 5.92 Å². The second kappa shape index (κ2) is 4.31. The zero-order chi connectivity index (χ0) is 10.7. The molecule has 1 atom stereocenters. The molecule has 2 heterocycles. The highest BCUT2D eigenvalue weighted by Crippen LogP contribution is 2.10. The minimum atomic E-state index is -0.175. The number of H-pyrrole nitrogens is 1. The monoisotopic (exact) mass is 210 g/mol. The fourth-order valence-corrected chi connectivity index (χ4v) is 1.53. The Morgan fingerprint density at radius 3 is 3.27 bits per heavy atom. The lowest BCUT2D eigenvalue weighted by molar-refractivity contribution is 0.0940. The van der Waals surface area contributed by atoms with Crippen LogP contribution in [0.1, 0.15) is 16.9 Å². The quantitative estimate of drug-likeness (QED) is 0.641. The molecule has 4 N–H and O–H groups in total. The summed E-state index contributed by atoms with van der Waals surface area (Å²) in [7, 11) is 0. The highest BCUT2D eigenvalue weighted by atomic mass is 16.5. The number of rotatable bonds is 3. The average Bonchev–Trinajstić information content (AvgIpc) is 2.84. The van der Waals surface area contributed by atoms with Crippen LogP contribution in [0.3, 0.4) is 0 Å². The van der Waals surface area contributed by atoms with E-state index in [0.29, 0.717) is 24.0 Å². The maximum absolute atomic E-state index is 11.5. The van der Waals surface area contributed by atoms with Crippen LogP contribution < -0.4 is 11.1 Å². The van der Waals surface area contributed by atoms with Crippen LogP contribution in [0, 0.1) is 5.92 Å². The van der Waals surface area contributed by atoms with Crippen molar-refractivity contribution in [3.05, 3.63) is 11.8 Å². The molecule has 0 radical (unpaired) electrons. The van der Waals surface area contributed by atoms with E-state index in [4.69, 9.17) is 10.5 Å². The van der Waals surface area contributed by atoms with Gasteiger partial charge in [-0.2, -0.15) is 5.10 Å². The van der Waals surface area contributed by atoms with Crippen LogP contribution in [0.5, 0.6) is 0 Å². The van der Waals surface area contributed by atoms with E-state index < -0.39 is 0 Å². The maximum Gasteiger partial charge on any atom is 0.269 e. The highest BCUT2D eigenvalue weighted by molar-refractivity contribution is 5.92. The van der Waals surface area contributed by atoms with Crippen molar-refractivity contribution in [1.29, 1.82) is 0 Å². The van der Waals surface area contributed by atoms with Gasteiger partial charge in [-0.25, -0.2) is 0 Å². The molecule has 0 aromatic carbocycles. The molecule has 1 amide bonds. The molecule has 0 bridgehead atoms. The van der Waals surface area contributed by atoms with Crippen molar-refractivity contribution in [1.82, 2.24) is 15.5 Å². The van der Waals surface area contributed by atoms with Gasteiger partial charge in [0.25, 0.3) is 5.91 Å². The van der Waals surface area contributed by atoms with Crippen LogP contribution in [0.25, 0.3) is 0 Å². The molecule has 0 saturated carbocycles. The predicted octanol–water partition coefficient (Wildman–Crippen LogP) is -0.242. The molecule has 0 aliphatic carbocycles. The zero-order valence-electron chi connectivity index (χ0n) is 8.32. The van der Waals surface area contributed by atoms with Gasteiger partial charge < -0.3 is 15.8 Å². The smallest absolute Gasteiger partial charge is 0.269 e. The van der Waals surface area contributed by atoms with Crippen molar-refractivity contribution < 1.29 is 9.53 Å². The van der Waals surface area contributed by atoms with Gasteiger partial charge >= 0.3 is 0 Å². The molecule has 1 saturated heterocycles. The number of nitrogens with two attached hydrogens (primary N) is 1. The van der Waals surface area contributed by atoms with Crippen molar-refractivity contribution >= 4 is 11.7 Å². The third kappa shape index (κ3) is 2.47. The first-order valence-corrected chi connectivity index (χ1v) is 4.92. The second-order valence-electron chi connectivity index (χ2n) is 3.65. The van der Waals surface area contributed by atoms with Gasteiger partial charge in [-0.1, -0.05) is 0 Å². The largest absolute Gasteiger partial charge is 0.382 e. The van der Waals surface area contributed by atoms with E-state index in [0.717, 1.165) is 19.6 Å². The summed E-state index contributed by atoms with van der Waals surface area (Å²) in [6.07, 6.45) is 1.01. The Hall–Kier alpha value is -1.56. The number of nitrogens with one attached hydrogen (secondary N) is 2. The van der Waals surface area contributed by atoms with Gasteiger partial charge in [0.2, 0.25) is 0 Å². The van der Waals surface area contributed by atoms with E-state index in [1.54, 1.807) is 0 Å². The van der Waals surface area contributed by atoms with Gasteiger partial charge in [0, 0.05) is 25.1 Å². The van der Waals surface area contributed by atoms with Crippen LogP contribution in [-0.4, -0.2) is 35.9 Å². The van der Waals surface area contributed by atoms with Crippen molar-refractivity contribution in [2.75, 3.05) is 25.5 Å². The van der Waals surface area contributed by atoms with Crippen LogP contribution >= 0.6 is 0 Å². The molecule has 1 fully saturated rings. The molecule has 82 valence electrons. The summed E-state index contributed by atoms with van der Waals surface area (Å²) >= 11 is 0. The van der Waals surface area contributed by atoms with E-state index in [2.05, 4.69) is 15.5 Å². The topological polar surface area (TPSA) is 93.0 Å². The van der Waals surface area contributed by atoms with Crippen molar-refractivity contribution in [3.8, 4) is 0 Å². The predicted molar refractivity (Wildman–Crippen MR) is 54.3 cm³/mol. The van der Waals surface area contributed by atoms with E-state index in [9.17, 15) is 4.79 Å². The van der Waals surface area contributed by atoms with Gasteiger partial charge in [-0.05, 0) is 6.42 Å². The molecular formula is C9H14N4O2. The Kier molecular flexibility index (Phi) is 2.86. The number of hydrogen-bond acceptors (Lipinski definition) is 4. The van der Waals surface area contributed by atoms with Gasteiger partial charge in [-0.3, -0.25) is 9.89 Å². The Labute approximate surface area is 87.2 Å². The minimum absolute atomic E-state index is 0.175. The molecule has 0 spiro atoms. The summed E-state index contributed by atoms with van der Waals surface area (Å²) < 4.78 is 5.21. The van der Waals surface area contributed by atoms with Crippen LogP contribution in [-0.2, 0) is 4.74 Å². The summed E-state index contributed by atoms with van der Waals surface area (Å²) in [5, 5.41) is 9.06. The van der Waals surface area contributed by atoms with Crippen molar-refractivity contribution in [2.45, 2.75) is 6.42 Å². The van der Waals surface area contributed by atoms with Gasteiger partial charge in [0.15, 0.2) is 0 Å². The molecular weight excluding hydrogens is 196 g/mol. The molecule has 1 unspecified atom stereocenters. The number of hydrogen-bond donors (Lipinski definition) is 3. The number of anilines is 1. The molecule has 6 heteroatoms. The Morgan fingerprint density at radius 2 is 2.67 bits per heavy atom. The number of ether oxygens (including phenoxy) is 1.